The van der Waals surface area contributed by atoms with E-state index in [0.717, 1.165) is 34.4 Å². The van der Waals surface area contributed by atoms with Gasteiger partial charge in [0, 0.05) is 22.7 Å². The van der Waals surface area contributed by atoms with Crippen molar-refractivity contribution in [2.45, 2.75) is 24.4 Å². The largest absolute Gasteiger partial charge is 0.497 e. The molecule has 0 spiro atoms. The third kappa shape index (κ3) is 4.31. The molecule has 0 fully saturated rings. The van der Waals surface area contributed by atoms with Gasteiger partial charge < -0.3 is 13.7 Å². The summed E-state index contributed by atoms with van der Waals surface area (Å²) in [6.07, 6.45) is 1.73. The number of thioether (sulfide) groups is 1. The molecule has 0 aliphatic rings. The zero-order valence-corrected chi connectivity index (χ0v) is 17.6. The Labute approximate surface area is 177 Å². The van der Waals surface area contributed by atoms with Crippen LogP contribution in [0.4, 0.5) is 0 Å². The third-order valence-electron chi connectivity index (χ3n) is 4.39. The van der Waals surface area contributed by atoms with E-state index in [1.54, 1.807) is 25.1 Å². The number of hydrogen-bond acceptors (Lipinski definition) is 6. The monoisotopic (exact) mass is 426 g/mol. The quantitative estimate of drug-likeness (QED) is 0.360. The summed E-state index contributed by atoms with van der Waals surface area (Å²) < 4.78 is 13.2. The average Bonchev–Trinajstić information content (AvgIpc) is 3.39. The van der Waals surface area contributed by atoms with Gasteiger partial charge in [-0.25, -0.2) is 4.98 Å². The van der Waals surface area contributed by atoms with Gasteiger partial charge in [0.05, 0.1) is 19.1 Å². The topological polar surface area (TPSA) is 66.0 Å². The van der Waals surface area contributed by atoms with E-state index in [4.69, 9.17) is 20.8 Å². The molecule has 2 aromatic heterocycles. The highest BCUT2D eigenvalue weighted by molar-refractivity contribution is 7.98. The summed E-state index contributed by atoms with van der Waals surface area (Å²) in [6.45, 7) is 2.84. The van der Waals surface area contributed by atoms with Gasteiger partial charge >= 0.3 is 0 Å². The van der Waals surface area contributed by atoms with Crippen molar-refractivity contribution >= 4 is 23.4 Å². The Morgan fingerprint density at radius 3 is 2.45 bits per heavy atom. The number of rotatable bonds is 7. The molecule has 0 atom stereocenters. The fourth-order valence-electron chi connectivity index (χ4n) is 2.89. The van der Waals surface area contributed by atoms with Crippen LogP contribution in [0.5, 0.6) is 5.75 Å². The van der Waals surface area contributed by atoms with Crippen LogP contribution in [0, 0.1) is 0 Å². The molecule has 0 saturated carbocycles. The lowest BCUT2D eigenvalue weighted by molar-refractivity contribution is 0.415. The number of hydrogen-bond donors (Lipinski definition) is 0. The summed E-state index contributed by atoms with van der Waals surface area (Å²) in [7, 11) is 1.65. The lowest BCUT2D eigenvalue weighted by Gasteiger charge is -2.07. The SMILES string of the molecule is CCn1c(SCc2ncc(-c3ccc(Cl)cc3)o2)nnc1-c1ccc(OC)cc1. The lowest BCUT2D eigenvalue weighted by Crippen LogP contribution is -2.00. The van der Waals surface area contributed by atoms with E-state index in [1.165, 1.54) is 0 Å². The van der Waals surface area contributed by atoms with Gasteiger partial charge in [-0.2, -0.15) is 0 Å². The fraction of sp³-hybridized carbons (Fsp3) is 0.190. The van der Waals surface area contributed by atoms with Gasteiger partial charge in [0.2, 0.25) is 5.89 Å². The van der Waals surface area contributed by atoms with Crippen LogP contribution >= 0.6 is 23.4 Å². The van der Waals surface area contributed by atoms with Crippen LogP contribution in [0.3, 0.4) is 0 Å². The highest BCUT2D eigenvalue weighted by Crippen LogP contribution is 2.29. The van der Waals surface area contributed by atoms with Crippen molar-refractivity contribution in [3.63, 3.8) is 0 Å². The minimum atomic E-state index is 0.564. The van der Waals surface area contributed by atoms with E-state index in [1.807, 2.05) is 48.5 Å². The molecule has 0 aliphatic carbocycles. The van der Waals surface area contributed by atoms with Crippen LogP contribution in [-0.2, 0) is 12.3 Å². The lowest BCUT2D eigenvalue weighted by atomic mass is 10.2. The number of methoxy groups -OCH3 is 1. The van der Waals surface area contributed by atoms with Crippen molar-refractivity contribution in [2.24, 2.45) is 0 Å². The van der Waals surface area contributed by atoms with Gasteiger partial charge in [-0.05, 0) is 55.5 Å². The maximum atomic E-state index is 5.94. The molecule has 2 aromatic carbocycles. The van der Waals surface area contributed by atoms with Crippen LogP contribution < -0.4 is 4.74 Å². The molecule has 148 valence electrons. The third-order valence-corrected chi connectivity index (χ3v) is 5.59. The number of benzene rings is 2. The molecule has 6 nitrogen and oxygen atoms in total. The number of ether oxygens (including phenoxy) is 1. The number of aromatic nitrogens is 4. The predicted octanol–water partition coefficient (Wildman–Crippen LogP) is 5.57. The van der Waals surface area contributed by atoms with Gasteiger partial charge in [-0.15, -0.1) is 10.2 Å². The zero-order valence-electron chi connectivity index (χ0n) is 16.0. The molecule has 0 radical (unpaired) electrons. The van der Waals surface area contributed by atoms with Gasteiger partial charge in [0.25, 0.3) is 0 Å². The van der Waals surface area contributed by atoms with Gasteiger partial charge in [-0.1, -0.05) is 23.4 Å². The minimum Gasteiger partial charge on any atom is -0.497 e. The van der Waals surface area contributed by atoms with E-state index in [0.29, 0.717) is 22.4 Å². The predicted molar refractivity (Wildman–Crippen MR) is 114 cm³/mol. The maximum Gasteiger partial charge on any atom is 0.205 e. The normalized spacial score (nSPS) is 11.0. The second-order valence-corrected chi connectivity index (χ2v) is 7.57. The second kappa shape index (κ2) is 8.71. The maximum absolute atomic E-state index is 5.94. The van der Waals surface area contributed by atoms with Gasteiger partial charge in [0.1, 0.15) is 5.75 Å². The molecule has 29 heavy (non-hydrogen) atoms. The highest BCUT2D eigenvalue weighted by Gasteiger charge is 2.15. The van der Waals surface area contributed by atoms with Crippen molar-refractivity contribution in [2.75, 3.05) is 7.11 Å². The van der Waals surface area contributed by atoms with Crippen LogP contribution in [0.25, 0.3) is 22.7 Å². The van der Waals surface area contributed by atoms with Crippen molar-refractivity contribution in [3.05, 3.63) is 65.6 Å². The van der Waals surface area contributed by atoms with Crippen LogP contribution in [-0.4, -0.2) is 26.9 Å². The Kier molecular flexibility index (Phi) is 5.87. The molecule has 0 aliphatic heterocycles. The van der Waals surface area contributed by atoms with Crippen molar-refractivity contribution in [1.29, 1.82) is 0 Å². The highest BCUT2D eigenvalue weighted by atomic mass is 35.5. The standard InChI is InChI=1S/C21H19ClN4O2S/c1-3-26-20(15-6-10-17(27-2)11-7-15)24-25-21(26)29-13-19-23-12-18(28-19)14-4-8-16(22)9-5-14/h4-12H,3,13H2,1-2H3. The van der Waals surface area contributed by atoms with E-state index < -0.39 is 0 Å². The van der Waals surface area contributed by atoms with Crippen LogP contribution in [0.1, 0.15) is 12.8 Å². The fourth-order valence-corrected chi connectivity index (χ4v) is 3.87. The Balaban J connectivity index is 1.49. The number of oxazole rings is 1. The molecule has 4 rings (SSSR count). The van der Waals surface area contributed by atoms with Crippen molar-refractivity contribution in [3.8, 4) is 28.5 Å². The molecular formula is C21H19ClN4O2S. The molecule has 0 saturated heterocycles. The first kappa shape index (κ1) is 19.5. The smallest absolute Gasteiger partial charge is 0.205 e. The average molecular weight is 427 g/mol. The van der Waals surface area contributed by atoms with E-state index in [2.05, 4.69) is 26.7 Å². The molecule has 0 amide bonds. The number of halogens is 1. The summed E-state index contributed by atoms with van der Waals surface area (Å²) in [5, 5.41) is 10.2. The molecule has 0 unspecified atom stereocenters. The number of nitrogens with zero attached hydrogens (tertiary/aromatic N) is 4. The van der Waals surface area contributed by atoms with E-state index in [9.17, 15) is 0 Å². The Morgan fingerprint density at radius 1 is 1.03 bits per heavy atom. The summed E-state index contributed by atoms with van der Waals surface area (Å²) in [5.74, 6) is 3.55. The second-order valence-electron chi connectivity index (χ2n) is 6.19. The molecule has 0 N–H and O–H groups in total. The summed E-state index contributed by atoms with van der Waals surface area (Å²) >= 11 is 7.49. The summed E-state index contributed by atoms with van der Waals surface area (Å²) in [4.78, 5) is 4.38. The molecule has 2 heterocycles. The van der Waals surface area contributed by atoms with Crippen molar-refractivity contribution < 1.29 is 9.15 Å². The minimum absolute atomic E-state index is 0.564. The van der Waals surface area contributed by atoms with Crippen LogP contribution in [0.2, 0.25) is 5.02 Å². The molecule has 0 bridgehead atoms. The van der Waals surface area contributed by atoms with Crippen molar-refractivity contribution in [1.82, 2.24) is 19.7 Å². The molecular weight excluding hydrogens is 408 g/mol. The van der Waals surface area contributed by atoms with Crippen LogP contribution in [0.15, 0.2) is 64.3 Å². The zero-order chi connectivity index (χ0) is 20.2. The van der Waals surface area contributed by atoms with E-state index >= 15 is 0 Å². The van der Waals surface area contributed by atoms with Gasteiger partial charge in [0.15, 0.2) is 16.7 Å². The Bertz CT molecular complexity index is 1090. The summed E-state index contributed by atoms with van der Waals surface area (Å²) in [5.41, 5.74) is 1.94. The first-order valence-corrected chi connectivity index (χ1v) is 10.5. The Hall–Kier alpha value is -2.77. The molecule has 4 aromatic rings. The van der Waals surface area contributed by atoms with Gasteiger partial charge in [-0.3, -0.25) is 0 Å². The van der Waals surface area contributed by atoms with E-state index in [-0.39, 0.29) is 0 Å². The first-order valence-electron chi connectivity index (χ1n) is 9.09. The molecule has 8 heteroatoms. The Morgan fingerprint density at radius 2 is 1.76 bits per heavy atom. The first-order chi connectivity index (χ1) is 14.2. The summed E-state index contributed by atoms with van der Waals surface area (Å²) in [6, 6.07) is 15.3.